The van der Waals surface area contributed by atoms with E-state index in [1.165, 1.54) is 35.6 Å². The molecule has 4 rings (SSSR count). The van der Waals surface area contributed by atoms with Gasteiger partial charge in [-0.1, -0.05) is 11.2 Å². The molecule has 178 valence electrons. The minimum absolute atomic E-state index is 0.149. The molecule has 1 saturated heterocycles. The summed E-state index contributed by atoms with van der Waals surface area (Å²) in [5.41, 5.74) is 8.02. The number of aliphatic hydroxyl groups excluding tert-OH is 1. The molecule has 0 saturated carbocycles. The number of fused-ring (bicyclic) bond motifs is 1. The highest BCUT2D eigenvalue weighted by atomic mass is 32.2. The molecule has 34 heavy (non-hydrogen) atoms. The van der Waals surface area contributed by atoms with Gasteiger partial charge >= 0.3 is 5.97 Å². The zero-order valence-electron chi connectivity index (χ0n) is 17.5. The van der Waals surface area contributed by atoms with Gasteiger partial charge in [-0.2, -0.15) is 0 Å². The second kappa shape index (κ2) is 9.92. The zero-order chi connectivity index (χ0) is 24.4. The van der Waals surface area contributed by atoms with Crippen LogP contribution >= 0.6 is 34.4 Å². The maximum Gasteiger partial charge on any atom is 0.352 e. The summed E-state index contributed by atoms with van der Waals surface area (Å²) < 4.78 is 0. The number of anilines is 1. The van der Waals surface area contributed by atoms with Crippen LogP contribution < -0.4 is 11.1 Å². The van der Waals surface area contributed by atoms with Gasteiger partial charge in [-0.15, -0.1) is 34.4 Å². The summed E-state index contributed by atoms with van der Waals surface area (Å²) in [5, 5.41) is 26.6. The molecule has 5 N–H and O–H groups in total. The van der Waals surface area contributed by atoms with Gasteiger partial charge in [-0.25, -0.2) is 14.8 Å². The number of rotatable bonds is 8. The van der Waals surface area contributed by atoms with Gasteiger partial charge in [0.1, 0.15) is 29.9 Å². The molecule has 2 aliphatic heterocycles. The maximum absolute atomic E-state index is 12.9. The zero-order valence-corrected chi connectivity index (χ0v) is 19.9. The molecule has 2 aromatic rings. The number of thioether (sulfide) groups is 1. The smallest absolute Gasteiger partial charge is 0.352 e. The van der Waals surface area contributed by atoms with Crippen LogP contribution in [-0.4, -0.2) is 72.9 Å². The lowest BCUT2D eigenvalue weighted by Crippen LogP contribution is -2.71. The van der Waals surface area contributed by atoms with Crippen molar-refractivity contribution >= 4 is 69.1 Å². The van der Waals surface area contributed by atoms with Gasteiger partial charge < -0.3 is 26.1 Å². The summed E-state index contributed by atoms with van der Waals surface area (Å²) in [6.45, 7) is -0.237. The number of thiazole rings is 2. The van der Waals surface area contributed by atoms with Crippen LogP contribution in [0.15, 0.2) is 33.4 Å². The molecule has 0 spiro atoms. The van der Waals surface area contributed by atoms with E-state index in [0.717, 1.165) is 16.2 Å². The van der Waals surface area contributed by atoms with Crippen LogP contribution in [0.25, 0.3) is 6.08 Å². The Morgan fingerprint density at radius 1 is 1.41 bits per heavy atom. The van der Waals surface area contributed by atoms with Crippen molar-refractivity contribution in [3.05, 3.63) is 44.5 Å². The quantitative estimate of drug-likeness (QED) is 0.216. The minimum atomic E-state index is -1.26. The van der Waals surface area contributed by atoms with E-state index < -0.39 is 29.2 Å². The molecule has 2 atom stereocenters. The number of oxime groups is 1. The second-order valence-electron chi connectivity index (χ2n) is 6.89. The van der Waals surface area contributed by atoms with Gasteiger partial charge in [-0.3, -0.25) is 14.5 Å². The summed E-state index contributed by atoms with van der Waals surface area (Å²) >= 11 is 3.74. The summed E-state index contributed by atoms with van der Waals surface area (Å²) in [7, 11) is 1.27. The van der Waals surface area contributed by atoms with E-state index in [2.05, 4.69) is 20.4 Å². The normalized spacial score (nSPS) is 20.4. The first-order chi connectivity index (χ1) is 16.3. The number of nitrogens with two attached hydrogens (primary N) is 1. The number of hydrogen-bond acceptors (Lipinski definition) is 12. The van der Waals surface area contributed by atoms with Crippen molar-refractivity contribution in [2.75, 3.05) is 18.6 Å². The van der Waals surface area contributed by atoms with Crippen molar-refractivity contribution in [3.8, 4) is 0 Å². The fourth-order valence-electron chi connectivity index (χ4n) is 3.38. The molecule has 2 aromatic heterocycles. The number of amides is 2. The van der Waals surface area contributed by atoms with Crippen molar-refractivity contribution in [2.24, 2.45) is 5.16 Å². The van der Waals surface area contributed by atoms with E-state index in [9.17, 15) is 24.6 Å². The van der Waals surface area contributed by atoms with E-state index in [-0.39, 0.29) is 28.8 Å². The lowest BCUT2D eigenvalue weighted by molar-refractivity contribution is -0.150. The monoisotopic (exact) mass is 522 g/mol. The number of carboxylic acid groups (broad SMARTS) is 1. The predicted molar refractivity (Wildman–Crippen MR) is 127 cm³/mol. The van der Waals surface area contributed by atoms with Crippen LogP contribution in [0.2, 0.25) is 0 Å². The van der Waals surface area contributed by atoms with Crippen LogP contribution in [0.3, 0.4) is 0 Å². The van der Waals surface area contributed by atoms with Crippen LogP contribution in [0.5, 0.6) is 0 Å². The third-order valence-electron chi connectivity index (χ3n) is 4.91. The Balaban J connectivity index is 1.54. The molecule has 0 bridgehead atoms. The molecule has 0 aliphatic carbocycles. The van der Waals surface area contributed by atoms with E-state index >= 15 is 0 Å². The number of hydrogen-bond donors (Lipinski definition) is 4. The molecule has 0 unspecified atom stereocenters. The highest BCUT2D eigenvalue weighted by molar-refractivity contribution is 8.00. The topological polar surface area (TPSA) is 180 Å². The Hall–Kier alpha value is -3.27. The Morgan fingerprint density at radius 3 is 2.85 bits per heavy atom. The molecular weight excluding hydrogens is 504 g/mol. The highest BCUT2D eigenvalue weighted by Gasteiger charge is 2.54. The lowest BCUT2D eigenvalue weighted by Gasteiger charge is -2.49. The van der Waals surface area contributed by atoms with E-state index in [1.807, 2.05) is 0 Å². The number of aromatic nitrogens is 2. The third-order valence-corrected chi connectivity index (χ3v) is 7.72. The fraction of sp³-hybridized carbons (Fsp3) is 0.263. The number of β-lactam (4-membered cyclic amide) rings is 1. The number of nitrogens with one attached hydrogen (secondary N) is 1. The number of carboxylic acids is 1. The summed E-state index contributed by atoms with van der Waals surface area (Å²) in [5.74, 6) is -2.21. The van der Waals surface area contributed by atoms with Crippen molar-refractivity contribution in [1.82, 2.24) is 20.2 Å². The van der Waals surface area contributed by atoms with Gasteiger partial charge in [-0.05, 0) is 11.6 Å². The first-order valence-corrected chi connectivity index (χ1v) is 12.4. The number of carbonyl (C=O) groups excluding carboxylic acids is 2. The Kier molecular flexibility index (Phi) is 6.97. The number of nitrogens with zero attached hydrogens (tertiary/aromatic N) is 4. The summed E-state index contributed by atoms with van der Waals surface area (Å²) in [6.07, 6.45) is 3.27. The lowest BCUT2D eigenvalue weighted by atomic mass is 10.0. The van der Waals surface area contributed by atoms with Crippen LogP contribution in [0, 0.1) is 0 Å². The van der Waals surface area contributed by atoms with Crippen LogP contribution in [0.1, 0.15) is 16.3 Å². The van der Waals surface area contributed by atoms with Crippen molar-refractivity contribution in [1.29, 1.82) is 0 Å². The van der Waals surface area contributed by atoms with Crippen LogP contribution in [-0.2, 0) is 25.8 Å². The van der Waals surface area contributed by atoms with Crippen molar-refractivity contribution in [2.45, 2.75) is 18.0 Å². The largest absolute Gasteiger partial charge is 0.477 e. The summed E-state index contributed by atoms with van der Waals surface area (Å²) in [4.78, 5) is 52.3. The minimum Gasteiger partial charge on any atom is -0.477 e. The fourth-order valence-corrected chi connectivity index (χ4v) is 5.94. The molecule has 12 nitrogen and oxygen atoms in total. The molecule has 15 heteroatoms. The average Bonchev–Trinajstić information content (AvgIpc) is 3.46. The molecule has 0 radical (unpaired) electrons. The SMILES string of the molecule is CO/N=C(\C(=O)N[C@@H]1C(=O)N2C(C(=O)O)=C(/C=C\c3scnc3CO)CS[C@H]12)c1csc(N)n1. The van der Waals surface area contributed by atoms with Gasteiger partial charge in [0.25, 0.3) is 11.8 Å². The maximum atomic E-state index is 12.9. The molecule has 2 amide bonds. The number of nitrogen functional groups attached to an aromatic ring is 1. The predicted octanol–water partition coefficient (Wildman–Crippen LogP) is 0.477. The van der Waals surface area contributed by atoms with Gasteiger partial charge in [0.2, 0.25) is 0 Å². The molecular formula is C19H18N6O6S3. The van der Waals surface area contributed by atoms with Crippen molar-refractivity contribution in [3.63, 3.8) is 0 Å². The van der Waals surface area contributed by atoms with Crippen molar-refractivity contribution < 1.29 is 29.4 Å². The Bertz CT molecular complexity index is 1230. The number of carbonyl (C=O) groups is 3. The third kappa shape index (κ3) is 4.42. The second-order valence-corrected chi connectivity index (χ2v) is 9.77. The molecule has 0 aromatic carbocycles. The number of aliphatic carboxylic acids is 1. The number of allylic oxidation sites excluding steroid dienone is 1. The molecule has 1 fully saturated rings. The number of aliphatic hydroxyl groups is 1. The van der Waals surface area contributed by atoms with E-state index in [0.29, 0.717) is 21.9 Å². The summed E-state index contributed by atoms with van der Waals surface area (Å²) in [6, 6.07) is -0.946. The van der Waals surface area contributed by atoms with Gasteiger partial charge in [0.05, 0.1) is 22.7 Å². The van der Waals surface area contributed by atoms with Gasteiger partial charge in [0.15, 0.2) is 10.8 Å². The van der Waals surface area contributed by atoms with Gasteiger partial charge in [0, 0.05) is 11.1 Å². The molecule has 4 heterocycles. The Labute approximate surface area is 204 Å². The first kappa shape index (κ1) is 23.9. The van der Waals surface area contributed by atoms with Crippen LogP contribution in [0.4, 0.5) is 5.13 Å². The average molecular weight is 523 g/mol. The highest BCUT2D eigenvalue weighted by Crippen LogP contribution is 2.41. The standard InChI is InChI=1S/C19H18N6O6S3/c1-31-24-12(10-6-33-19(20)22-10)15(27)23-13-16(28)25-14(18(29)30)8(5-32-17(13)25)2-3-11-9(4-26)21-7-34-11/h2-3,6-7,13,17,26H,4-5H2,1H3,(H2,20,22)(H,23,27)(H,29,30)/b3-2-,24-12-/t13-,17-/m1/s1. The molecule has 2 aliphatic rings. The Morgan fingerprint density at radius 2 is 2.21 bits per heavy atom. The first-order valence-electron chi connectivity index (χ1n) is 9.61. The van der Waals surface area contributed by atoms with E-state index in [4.69, 9.17) is 10.6 Å². The van der Waals surface area contributed by atoms with E-state index in [1.54, 1.807) is 17.7 Å².